The summed E-state index contributed by atoms with van der Waals surface area (Å²) in [5, 5.41) is 12.9. The lowest BCUT2D eigenvalue weighted by atomic mass is 9.99. The zero-order valence-corrected chi connectivity index (χ0v) is 52.7. The van der Waals surface area contributed by atoms with E-state index in [0.717, 1.165) is 55.2 Å². The number of anilines is 2. The zero-order valence-electron chi connectivity index (χ0n) is 47.6. The number of aromatic nitrogens is 9. The Hall–Kier alpha value is -7.58. The van der Waals surface area contributed by atoms with E-state index in [1.54, 1.807) is 70.7 Å². The first-order valence-electron chi connectivity index (χ1n) is 27.6. The Morgan fingerprint density at radius 2 is 1.27 bits per heavy atom. The van der Waals surface area contributed by atoms with Gasteiger partial charge in [-0.1, -0.05) is 74.6 Å². The number of amides is 4. The van der Waals surface area contributed by atoms with E-state index in [1.807, 2.05) is 4.57 Å². The highest BCUT2D eigenvalue weighted by molar-refractivity contribution is 9.10. The number of halogens is 3. The van der Waals surface area contributed by atoms with Crippen LogP contribution in [0.2, 0.25) is 61.4 Å². The number of carbonyl (C=O) groups is 6. The number of nitriles is 1. The van der Waals surface area contributed by atoms with E-state index in [2.05, 4.69) is 101 Å². The normalized spacial score (nSPS) is 15.2. The topological polar surface area (TPSA) is 269 Å². The second kappa shape index (κ2) is 25.2. The van der Waals surface area contributed by atoms with Crippen molar-refractivity contribution in [3.05, 3.63) is 127 Å². The minimum absolute atomic E-state index is 0.0879. The van der Waals surface area contributed by atoms with Crippen molar-refractivity contribution in [1.82, 2.24) is 54.2 Å². The molecule has 2 aromatic carbocycles. The number of benzene rings is 2. The predicted molar refractivity (Wildman–Crippen MR) is 329 cm³/mol. The summed E-state index contributed by atoms with van der Waals surface area (Å²) in [7, 11) is -2.26. The summed E-state index contributed by atoms with van der Waals surface area (Å²) in [4.78, 5) is 109. The number of carbonyl (C=O) groups excluding carboxylic acids is 6. The lowest BCUT2D eigenvalue weighted by molar-refractivity contribution is -0.138. The molecule has 0 unspecified atom stereocenters. The average Bonchev–Trinajstić information content (AvgIpc) is 2.11. The van der Waals surface area contributed by atoms with Crippen LogP contribution >= 0.6 is 39.1 Å². The van der Waals surface area contributed by atoms with Gasteiger partial charge in [0.25, 0.3) is 17.7 Å². The van der Waals surface area contributed by atoms with Crippen molar-refractivity contribution in [2.75, 3.05) is 36.1 Å². The van der Waals surface area contributed by atoms with Gasteiger partial charge in [0.1, 0.15) is 40.7 Å². The van der Waals surface area contributed by atoms with Crippen LogP contribution < -0.4 is 15.1 Å². The van der Waals surface area contributed by atoms with E-state index in [1.165, 1.54) is 22.2 Å². The number of likely N-dealkylation sites (tertiary alicyclic amines) is 1. The van der Waals surface area contributed by atoms with Crippen LogP contribution in [0.15, 0.2) is 78.2 Å². The zero-order chi connectivity index (χ0) is 60.5. The molecule has 1 atom stereocenters. The second-order valence-electron chi connectivity index (χ2n) is 23.6. The van der Waals surface area contributed by atoms with E-state index in [4.69, 9.17) is 37.9 Å². The molecular weight excluding hydrogens is 1230 g/mol. The third-order valence-corrected chi connectivity index (χ3v) is 19.4. The number of nitrogens with zero attached hydrogens (tertiary/aromatic N) is 12. The fraction of sp³-hybridized carbons (Fsp3) is 0.362. The molecule has 2 N–H and O–H groups in total. The summed E-state index contributed by atoms with van der Waals surface area (Å²) >= 11 is 15.8. The molecule has 1 aliphatic carbocycles. The van der Waals surface area contributed by atoms with Crippen LogP contribution in [0, 0.1) is 23.2 Å². The third-order valence-electron chi connectivity index (χ3n) is 14.9. The molecule has 6 aromatic heterocycles. The van der Waals surface area contributed by atoms with E-state index >= 15 is 0 Å². The smallest absolute Gasteiger partial charge is 0.260 e. The van der Waals surface area contributed by atoms with Crippen LogP contribution in [-0.2, 0) is 40.8 Å². The SMILES string of the molecule is C[Si](C)(C)CCOCn1cc(C=O)c2nc(Br)cnc21.C[Si](C)(C)CCOCn1cc(C=O)c2nc(N3Cc4c(Cl)cccc4C3=O)cnc21.N#CC1CN(C(=O)[C@H](NC(=O)c2c[nH]c3ncc(N4Cc5c(Cl)cccc5C4=O)nc23)C2CC2)C1. The molecule has 440 valence electrons. The van der Waals surface area contributed by atoms with Gasteiger partial charge in [0.05, 0.1) is 60.4 Å². The van der Waals surface area contributed by atoms with Crippen molar-refractivity contribution in [1.29, 1.82) is 5.26 Å². The molecule has 0 bridgehead atoms. The van der Waals surface area contributed by atoms with Crippen LogP contribution in [0.25, 0.3) is 33.5 Å². The highest BCUT2D eigenvalue weighted by Gasteiger charge is 2.43. The lowest BCUT2D eigenvalue weighted by Gasteiger charge is -2.37. The van der Waals surface area contributed by atoms with E-state index in [0.29, 0.717) is 122 Å². The monoisotopic (exact) mass is 1290 g/mol. The van der Waals surface area contributed by atoms with Crippen molar-refractivity contribution in [2.24, 2.45) is 11.8 Å². The molecule has 1 saturated heterocycles. The highest BCUT2D eigenvalue weighted by Crippen LogP contribution is 2.37. The fourth-order valence-electron chi connectivity index (χ4n) is 9.82. The van der Waals surface area contributed by atoms with Crippen LogP contribution in [0.1, 0.15) is 75.8 Å². The van der Waals surface area contributed by atoms with Gasteiger partial charge >= 0.3 is 0 Å². The largest absolute Gasteiger partial charge is 0.361 e. The minimum atomic E-state index is -1.18. The van der Waals surface area contributed by atoms with Crippen molar-refractivity contribution in [3.8, 4) is 6.07 Å². The Bertz CT molecular complexity index is 3980. The van der Waals surface area contributed by atoms with Gasteiger partial charge in [0.2, 0.25) is 5.91 Å². The Morgan fingerprint density at radius 3 is 1.76 bits per heavy atom. The minimum Gasteiger partial charge on any atom is -0.361 e. The van der Waals surface area contributed by atoms with Crippen molar-refractivity contribution < 1.29 is 38.2 Å². The highest BCUT2D eigenvalue weighted by atomic mass is 79.9. The molecule has 9 heterocycles. The van der Waals surface area contributed by atoms with Crippen molar-refractivity contribution in [2.45, 2.75) is 96.8 Å². The summed E-state index contributed by atoms with van der Waals surface area (Å²) in [6.07, 6.45) is 12.8. The molecule has 4 amide bonds. The Labute approximate surface area is 509 Å². The molecule has 2 fully saturated rings. The number of aromatic amines is 1. The molecule has 3 aliphatic heterocycles. The summed E-state index contributed by atoms with van der Waals surface area (Å²) in [6, 6.07) is 14.1. The predicted octanol–water partition coefficient (Wildman–Crippen LogP) is 9.95. The average molecular weight is 1290 g/mol. The molecular formula is C58H61BrCl2N14O8Si2. The molecule has 1 saturated carbocycles. The van der Waals surface area contributed by atoms with Crippen LogP contribution in [0.3, 0.4) is 0 Å². The first-order chi connectivity index (χ1) is 40.6. The van der Waals surface area contributed by atoms with Crippen molar-refractivity contribution in [3.63, 3.8) is 0 Å². The van der Waals surface area contributed by atoms with Gasteiger partial charge < -0.3 is 33.8 Å². The quantitative estimate of drug-likeness (QED) is 0.0459. The summed E-state index contributed by atoms with van der Waals surface area (Å²) < 4.78 is 15.7. The van der Waals surface area contributed by atoms with E-state index in [-0.39, 0.29) is 41.7 Å². The second-order valence-corrected chi connectivity index (χ2v) is 36.5. The maximum Gasteiger partial charge on any atom is 0.260 e. The van der Waals surface area contributed by atoms with Gasteiger partial charge in [-0.3, -0.25) is 38.6 Å². The van der Waals surface area contributed by atoms with Gasteiger partial charge in [-0.25, -0.2) is 29.9 Å². The van der Waals surface area contributed by atoms with Gasteiger partial charge in [-0.2, -0.15) is 5.26 Å². The number of aldehydes is 2. The Morgan fingerprint density at radius 1 is 0.765 bits per heavy atom. The third kappa shape index (κ3) is 13.4. The van der Waals surface area contributed by atoms with E-state index < -0.39 is 28.1 Å². The van der Waals surface area contributed by atoms with Gasteiger partial charge in [-0.05, 0) is 71.0 Å². The first kappa shape index (κ1) is 60.5. The maximum absolute atomic E-state index is 13.2. The van der Waals surface area contributed by atoms with Crippen LogP contribution in [-0.4, -0.2) is 134 Å². The number of nitrogens with one attached hydrogen (secondary N) is 2. The molecule has 8 aromatic rings. The molecule has 0 spiro atoms. The van der Waals surface area contributed by atoms with Crippen LogP contribution in [0.4, 0.5) is 11.6 Å². The molecule has 27 heteroatoms. The number of H-pyrrole nitrogens is 1. The molecule has 22 nitrogen and oxygen atoms in total. The summed E-state index contributed by atoms with van der Waals surface area (Å²) in [5.41, 5.74) is 6.74. The number of ether oxygens (including phenoxy) is 2. The Balaban J connectivity index is 0.000000147. The molecule has 4 aliphatic rings. The standard InChI is InChI=1S/C24H20ClN7O3.C21H23ClN4O3Si.C13H18BrN3O2Si/c25-17-3-1-2-14-16(17)11-32(23(14)34)18-8-28-21-20(29-18)15(7-27-21)22(33)30-19(13-4-5-13)24(35)31-9-12(6-26)10-31;1-30(2,3)8-7-29-13-25-10-14(12-27)19-20(25)23-9-18(24-19)26-11-16-15(21(26)28)5-4-6-17(16)22;1-20(2,3)5-4-19-9-17-7-10(8-18)12-13(17)15-6-11(14)16-12/h1-3,7-8,12-13,19H,4-5,9-11H2,(H,27,28)(H,30,33);4-6,9-10,12H,7-8,11,13H2,1-3H3;6-8H,4-5,9H2,1-3H3/t19-;;/m1../s1. The molecule has 12 rings (SSSR count). The number of rotatable bonds is 18. The number of hydrogen-bond donors (Lipinski definition) is 2. The molecule has 0 radical (unpaired) electrons. The lowest BCUT2D eigenvalue weighted by Crippen LogP contribution is -2.57. The number of hydrogen-bond acceptors (Lipinski definition) is 15. The van der Waals surface area contributed by atoms with E-state index in [9.17, 15) is 28.8 Å². The van der Waals surface area contributed by atoms with Gasteiger partial charge in [-0.15, -0.1) is 0 Å². The van der Waals surface area contributed by atoms with Gasteiger partial charge in [0.15, 0.2) is 41.1 Å². The summed E-state index contributed by atoms with van der Waals surface area (Å²) in [6.45, 7) is 17.3. The Kier molecular flexibility index (Phi) is 17.9. The van der Waals surface area contributed by atoms with Gasteiger partial charge in [0, 0.05) is 93.3 Å². The molecule has 85 heavy (non-hydrogen) atoms. The first-order valence-corrected chi connectivity index (χ1v) is 36.5. The maximum atomic E-state index is 13.2. The fourth-order valence-corrected chi connectivity index (χ4v) is 12.1. The number of fused-ring (bicyclic) bond motifs is 5. The van der Waals surface area contributed by atoms with Crippen molar-refractivity contribution >= 4 is 137 Å². The summed E-state index contributed by atoms with van der Waals surface area (Å²) in [5.74, 6) is -0.372. The van der Waals surface area contributed by atoms with Crippen LogP contribution in [0.5, 0.6) is 0 Å².